The third kappa shape index (κ3) is 3.82. The van der Waals surface area contributed by atoms with Crippen LogP contribution in [0.3, 0.4) is 0 Å². The van der Waals surface area contributed by atoms with Crippen LogP contribution in [0.25, 0.3) is 0 Å². The highest BCUT2D eigenvalue weighted by atomic mass is 16.2. The van der Waals surface area contributed by atoms with Crippen LogP contribution in [0.1, 0.15) is 46.5 Å². The summed E-state index contributed by atoms with van der Waals surface area (Å²) in [7, 11) is 0. The number of hydrogen-bond donors (Lipinski definition) is 2. The number of hydrogen-bond acceptors (Lipinski definition) is 2. The monoisotopic (exact) mass is 212 g/mol. The van der Waals surface area contributed by atoms with E-state index in [9.17, 15) is 4.79 Å². The number of carbonyl (C=O) groups excluding carboxylic acids is 1. The first kappa shape index (κ1) is 12.5. The maximum Gasteiger partial charge on any atom is 0.225 e. The first-order valence-corrected chi connectivity index (χ1v) is 6.08. The van der Waals surface area contributed by atoms with Gasteiger partial charge in [-0.2, -0.15) is 0 Å². The van der Waals surface area contributed by atoms with E-state index in [1.165, 1.54) is 0 Å². The molecule has 1 rings (SSSR count). The second kappa shape index (κ2) is 5.50. The Labute approximate surface area is 93.0 Å². The van der Waals surface area contributed by atoms with Gasteiger partial charge in [0.25, 0.3) is 0 Å². The lowest BCUT2D eigenvalue weighted by Gasteiger charge is -2.25. The molecule has 1 unspecified atom stereocenters. The molecule has 3 nitrogen and oxygen atoms in total. The molecule has 0 aromatic carbocycles. The maximum atomic E-state index is 11.9. The molecule has 1 aliphatic rings. The summed E-state index contributed by atoms with van der Waals surface area (Å²) in [5.41, 5.74) is -0.222. The standard InChI is InChI=1S/C12H24N2O/c1-4-12(2,3)11(15)14-10-6-5-8-13-9-7-10/h10,13H,4-9H2,1-3H3,(H,14,15). The van der Waals surface area contributed by atoms with Gasteiger partial charge in [-0.15, -0.1) is 0 Å². The van der Waals surface area contributed by atoms with Crippen molar-refractivity contribution < 1.29 is 4.79 Å². The van der Waals surface area contributed by atoms with Crippen LogP contribution in [0.4, 0.5) is 0 Å². The Morgan fingerprint density at radius 2 is 2.13 bits per heavy atom. The molecule has 1 aliphatic heterocycles. The Hall–Kier alpha value is -0.570. The molecular formula is C12H24N2O. The van der Waals surface area contributed by atoms with Crippen molar-refractivity contribution in [1.29, 1.82) is 0 Å². The summed E-state index contributed by atoms with van der Waals surface area (Å²) in [6, 6.07) is 0.373. The van der Waals surface area contributed by atoms with E-state index in [0.717, 1.165) is 38.8 Å². The third-order valence-electron chi connectivity index (χ3n) is 3.41. The minimum absolute atomic E-state index is 0.205. The summed E-state index contributed by atoms with van der Waals surface area (Å²) >= 11 is 0. The third-order valence-corrected chi connectivity index (χ3v) is 3.41. The van der Waals surface area contributed by atoms with Gasteiger partial charge in [0.05, 0.1) is 0 Å². The Morgan fingerprint density at radius 3 is 2.80 bits per heavy atom. The fraction of sp³-hybridized carbons (Fsp3) is 0.917. The van der Waals surface area contributed by atoms with Gasteiger partial charge in [-0.3, -0.25) is 4.79 Å². The first-order valence-electron chi connectivity index (χ1n) is 6.08. The minimum Gasteiger partial charge on any atom is -0.353 e. The number of nitrogens with one attached hydrogen (secondary N) is 2. The van der Waals surface area contributed by atoms with Crippen molar-refractivity contribution in [2.75, 3.05) is 13.1 Å². The average Bonchev–Trinajstić information content (AvgIpc) is 2.46. The van der Waals surface area contributed by atoms with Crippen molar-refractivity contribution in [2.24, 2.45) is 5.41 Å². The molecule has 1 amide bonds. The SMILES string of the molecule is CCC(C)(C)C(=O)NC1CCCNCC1. The zero-order valence-corrected chi connectivity index (χ0v) is 10.2. The largest absolute Gasteiger partial charge is 0.353 e. The highest BCUT2D eigenvalue weighted by Crippen LogP contribution is 2.20. The van der Waals surface area contributed by atoms with Gasteiger partial charge < -0.3 is 10.6 Å². The van der Waals surface area contributed by atoms with Gasteiger partial charge in [-0.25, -0.2) is 0 Å². The fourth-order valence-electron chi connectivity index (χ4n) is 1.70. The highest BCUT2D eigenvalue weighted by molar-refractivity contribution is 5.81. The summed E-state index contributed by atoms with van der Waals surface area (Å²) in [6.07, 6.45) is 4.23. The van der Waals surface area contributed by atoms with Crippen LogP contribution >= 0.6 is 0 Å². The smallest absolute Gasteiger partial charge is 0.225 e. The number of amides is 1. The Kier molecular flexibility index (Phi) is 4.58. The quantitative estimate of drug-likeness (QED) is 0.747. The average molecular weight is 212 g/mol. The predicted octanol–water partition coefficient (Wildman–Crippen LogP) is 1.68. The first-order chi connectivity index (χ1) is 7.06. The van der Waals surface area contributed by atoms with E-state index < -0.39 is 0 Å². The summed E-state index contributed by atoms with van der Waals surface area (Å²) in [4.78, 5) is 11.9. The molecule has 1 heterocycles. The maximum absolute atomic E-state index is 11.9. The van der Waals surface area contributed by atoms with Crippen LogP contribution < -0.4 is 10.6 Å². The van der Waals surface area contributed by atoms with E-state index >= 15 is 0 Å². The summed E-state index contributed by atoms with van der Waals surface area (Å²) in [6.45, 7) is 8.20. The van der Waals surface area contributed by atoms with Crippen molar-refractivity contribution in [3.05, 3.63) is 0 Å². The van der Waals surface area contributed by atoms with Crippen LogP contribution in [0.2, 0.25) is 0 Å². The molecule has 1 atom stereocenters. The van der Waals surface area contributed by atoms with E-state index in [2.05, 4.69) is 17.6 Å². The Balaban J connectivity index is 2.42. The van der Waals surface area contributed by atoms with Gasteiger partial charge in [0.15, 0.2) is 0 Å². The van der Waals surface area contributed by atoms with Crippen molar-refractivity contribution in [2.45, 2.75) is 52.5 Å². The lowest BCUT2D eigenvalue weighted by molar-refractivity contribution is -0.130. The lowest BCUT2D eigenvalue weighted by atomic mass is 9.88. The van der Waals surface area contributed by atoms with E-state index in [4.69, 9.17) is 0 Å². The summed E-state index contributed by atoms with van der Waals surface area (Å²) < 4.78 is 0. The molecule has 1 fully saturated rings. The predicted molar refractivity (Wildman–Crippen MR) is 62.7 cm³/mol. The molecule has 3 heteroatoms. The van der Waals surface area contributed by atoms with Crippen LogP contribution in [0.15, 0.2) is 0 Å². The highest BCUT2D eigenvalue weighted by Gasteiger charge is 2.27. The van der Waals surface area contributed by atoms with Crippen LogP contribution in [0.5, 0.6) is 0 Å². The number of carbonyl (C=O) groups is 1. The van der Waals surface area contributed by atoms with Crippen LogP contribution in [-0.2, 0) is 4.79 Å². The molecule has 15 heavy (non-hydrogen) atoms. The molecule has 88 valence electrons. The molecule has 0 radical (unpaired) electrons. The van der Waals surface area contributed by atoms with Crippen molar-refractivity contribution in [3.63, 3.8) is 0 Å². The topological polar surface area (TPSA) is 41.1 Å². The molecule has 2 N–H and O–H groups in total. The zero-order valence-electron chi connectivity index (χ0n) is 10.2. The molecule has 0 saturated carbocycles. The van der Waals surface area contributed by atoms with Crippen molar-refractivity contribution in [1.82, 2.24) is 10.6 Å². The summed E-state index contributed by atoms with van der Waals surface area (Å²) in [5, 5.41) is 6.52. The lowest BCUT2D eigenvalue weighted by Crippen LogP contribution is -2.43. The van der Waals surface area contributed by atoms with Gasteiger partial charge in [0.2, 0.25) is 5.91 Å². The molecule has 0 bridgehead atoms. The van der Waals surface area contributed by atoms with Gasteiger partial charge >= 0.3 is 0 Å². The van der Waals surface area contributed by atoms with E-state index in [1.54, 1.807) is 0 Å². The van der Waals surface area contributed by atoms with Crippen LogP contribution in [-0.4, -0.2) is 25.0 Å². The molecule has 0 aliphatic carbocycles. The molecule has 0 spiro atoms. The molecule has 1 saturated heterocycles. The van der Waals surface area contributed by atoms with Crippen molar-refractivity contribution >= 4 is 5.91 Å². The van der Waals surface area contributed by atoms with E-state index in [1.807, 2.05) is 13.8 Å². The normalized spacial score (nSPS) is 23.3. The van der Waals surface area contributed by atoms with Gasteiger partial charge in [0, 0.05) is 11.5 Å². The van der Waals surface area contributed by atoms with Gasteiger partial charge in [0.1, 0.15) is 0 Å². The second-order valence-electron chi connectivity index (χ2n) is 5.09. The second-order valence-corrected chi connectivity index (χ2v) is 5.09. The van der Waals surface area contributed by atoms with E-state index in [-0.39, 0.29) is 11.3 Å². The Bertz CT molecular complexity index is 206. The van der Waals surface area contributed by atoms with Gasteiger partial charge in [-0.05, 0) is 38.8 Å². The summed E-state index contributed by atoms with van der Waals surface area (Å²) in [5.74, 6) is 0.205. The fourth-order valence-corrected chi connectivity index (χ4v) is 1.70. The molecule has 0 aromatic rings. The molecular weight excluding hydrogens is 188 g/mol. The number of rotatable bonds is 3. The van der Waals surface area contributed by atoms with Gasteiger partial charge in [-0.1, -0.05) is 20.8 Å². The van der Waals surface area contributed by atoms with E-state index in [0.29, 0.717) is 6.04 Å². The van der Waals surface area contributed by atoms with Crippen molar-refractivity contribution in [3.8, 4) is 0 Å². The Morgan fingerprint density at radius 1 is 1.40 bits per heavy atom. The minimum atomic E-state index is -0.222. The van der Waals surface area contributed by atoms with Crippen LogP contribution in [0, 0.1) is 5.41 Å². The zero-order chi connectivity index (χ0) is 11.3. The molecule has 0 aromatic heterocycles.